The number of alkyl halides is 1. The van der Waals surface area contributed by atoms with Gasteiger partial charge in [0, 0.05) is 28.9 Å². The van der Waals surface area contributed by atoms with E-state index in [4.69, 9.17) is 14.6 Å². The number of fused-ring (bicyclic) bond motifs is 1. The van der Waals surface area contributed by atoms with E-state index in [2.05, 4.69) is 21.2 Å². The Labute approximate surface area is 218 Å². The molecule has 0 aliphatic carbocycles. The first-order valence-corrected chi connectivity index (χ1v) is 14.0. The minimum atomic E-state index is -0.686. The molecule has 4 rings (SSSR count). The van der Waals surface area contributed by atoms with Crippen molar-refractivity contribution >= 4 is 51.2 Å². The molecule has 8 nitrogen and oxygen atoms in total. The molecule has 10 heteroatoms. The predicted molar refractivity (Wildman–Crippen MR) is 138 cm³/mol. The van der Waals surface area contributed by atoms with Crippen molar-refractivity contribution in [3.63, 3.8) is 0 Å². The number of unbranched alkanes of at least 4 members (excludes halogenated alkanes) is 3. The number of likely N-dealkylation sites (tertiary alicyclic amines) is 1. The van der Waals surface area contributed by atoms with Crippen molar-refractivity contribution < 1.29 is 29.0 Å². The summed E-state index contributed by atoms with van der Waals surface area (Å²) in [6, 6.07) is 6.41. The molecule has 35 heavy (non-hydrogen) atoms. The van der Waals surface area contributed by atoms with Gasteiger partial charge < -0.3 is 24.8 Å². The van der Waals surface area contributed by atoms with Crippen molar-refractivity contribution in [3.05, 3.63) is 24.3 Å². The molecule has 0 radical (unpaired) electrons. The predicted octanol–water partition coefficient (Wildman–Crippen LogP) is 3.21. The van der Waals surface area contributed by atoms with E-state index in [1.807, 2.05) is 0 Å². The SMILES string of the molecule is CCOC(=O)[C@H]1[C@H]2C(=O)N(CCCCCCO)C(C(=O)Nc3ccc(OC)cc3)C23CC(Br)[C@@H]1S3. The highest BCUT2D eigenvalue weighted by Gasteiger charge is 2.75. The zero-order valence-electron chi connectivity index (χ0n) is 20.1. The van der Waals surface area contributed by atoms with Crippen LogP contribution >= 0.6 is 27.7 Å². The van der Waals surface area contributed by atoms with Gasteiger partial charge >= 0.3 is 5.97 Å². The number of carbonyl (C=O) groups excluding carboxylic acids is 3. The molecule has 3 unspecified atom stereocenters. The van der Waals surface area contributed by atoms with E-state index in [0.717, 1.165) is 25.7 Å². The van der Waals surface area contributed by atoms with Crippen LogP contribution in [0.2, 0.25) is 0 Å². The fourth-order valence-electron chi connectivity index (χ4n) is 5.81. The molecule has 3 aliphatic heterocycles. The van der Waals surface area contributed by atoms with Crippen LogP contribution in [-0.4, -0.2) is 75.5 Å². The second kappa shape index (κ2) is 11.1. The van der Waals surface area contributed by atoms with Gasteiger partial charge in [0.1, 0.15) is 11.8 Å². The van der Waals surface area contributed by atoms with Crippen LogP contribution in [0.3, 0.4) is 0 Å². The largest absolute Gasteiger partial charge is 0.497 e. The highest BCUT2D eigenvalue weighted by molar-refractivity contribution is 9.09. The molecule has 6 atom stereocenters. The Balaban J connectivity index is 1.62. The number of anilines is 1. The number of benzene rings is 1. The molecule has 1 aromatic rings. The molecule has 2 amide bonds. The Kier molecular flexibility index (Phi) is 8.33. The van der Waals surface area contributed by atoms with Gasteiger partial charge in [0.2, 0.25) is 11.8 Å². The van der Waals surface area contributed by atoms with Gasteiger partial charge in [-0.2, -0.15) is 0 Å². The van der Waals surface area contributed by atoms with Crippen LogP contribution in [-0.2, 0) is 19.1 Å². The van der Waals surface area contributed by atoms with Crippen molar-refractivity contribution in [2.45, 2.75) is 59.9 Å². The van der Waals surface area contributed by atoms with Gasteiger partial charge in [0.15, 0.2) is 0 Å². The minimum Gasteiger partial charge on any atom is -0.497 e. The zero-order valence-corrected chi connectivity index (χ0v) is 22.5. The number of halogens is 1. The Morgan fingerprint density at radius 2 is 1.94 bits per heavy atom. The summed E-state index contributed by atoms with van der Waals surface area (Å²) in [5, 5.41) is 12.0. The molecule has 3 saturated heterocycles. The highest BCUT2D eigenvalue weighted by Crippen LogP contribution is 2.67. The van der Waals surface area contributed by atoms with Crippen molar-refractivity contribution in [1.29, 1.82) is 0 Å². The Hall–Kier alpha value is -1.78. The monoisotopic (exact) mass is 568 g/mol. The van der Waals surface area contributed by atoms with Crippen LogP contribution in [0.4, 0.5) is 5.69 Å². The Morgan fingerprint density at radius 1 is 1.23 bits per heavy atom. The first kappa shape index (κ1) is 26.3. The topological polar surface area (TPSA) is 105 Å². The lowest BCUT2D eigenvalue weighted by molar-refractivity contribution is -0.153. The first-order chi connectivity index (χ1) is 16.9. The van der Waals surface area contributed by atoms with Crippen LogP contribution in [0.1, 0.15) is 39.0 Å². The molecule has 3 fully saturated rings. The van der Waals surface area contributed by atoms with E-state index in [1.165, 1.54) is 0 Å². The Morgan fingerprint density at radius 3 is 2.60 bits per heavy atom. The molecule has 3 heterocycles. The maximum absolute atomic E-state index is 13.8. The number of aliphatic hydroxyl groups is 1. The van der Waals surface area contributed by atoms with Gasteiger partial charge in [0.25, 0.3) is 0 Å². The van der Waals surface area contributed by atoms with Gasteiger partial charge in [0.05, 0.1) is 30.3 Å². The lowest BCUT2D eigenvalue weighted by Crippen LogP contribution is -2.52. The minimum absolute atomic E-state index is 0.0201. The summed E-state index contributed by atoms with van der Waals surface area (Å²) >= 11 is 5.34. The normalized spacial score (nSPS) is 30.9. The van der Waals surface area contributed by atoms with Gasteiger partial charge in [-0.15, -0.1) is 11.8 Å². The fraction of sp³-hybridized carbons (Fsp3) is 0.640. The molecule has 0 aromatic heterocycles. The summed E-state index contributed by atoms with van der Waals surface area (Å²) < 4.78 is 9.89. The van der Waals surface area contributed by atoms with Crippen molar-refractivity contribution in [2.24, 2.45) is 11.8 Å². The number of thioether (sulfide) groups is 1. The quantitative estimate of drug-likeness (QED) is 0.240. The summed E-state index contributed by atoms with van der Waals surface area (Å²) in [4.78, 5) is 42.3. The van der Waals surface area contributed by atoms with Crippen LogP contribution in [0, 0.1) is 11.8 Å². The van der Waals surface area contributed by atoms with E-state index in [0.29, 0.717) is 24.4 Å². The Bertz CT molecular complexity index is 946. The molecule has 3 aliphatic rings. The van der Waals surface area contributed by atoms with Crippen molar-refractivity contribution in [1.82, 2.24) is 4.90 Å². The van der Waals surface area contributed by atoms with Gasteiger partial charge in [-0.3, -0.25) is 14.4 Å². The number of amides is 2. The number of esters is 1. The third-order valence-corrected chi connectivity index (χ3v) is 10.5. The number of methoxy groups -OCH3 is 1. The van der Waals surface area contributed by atoms with E-state index < -0.39 is 22.6 Å². The molecular weight excluding hydrogens is 536 g/mol. The smallest absolute Gasteiger partial charge is 0.310 e. The number of hydrogen-bond donors (Lipinski definition) is 2. The molecule has 1 aromatic carbocycles. The van der Waals surface area contributed by atoms with Crippen LogP contribution in [0.25, 0.3) is 0 Å². The average Bonchev–Trinajstić information content (AvgIpc) is 3.43. The number of nitrogens with one attached hydrogen (secondary N) is 1. The highest BCUT2D eigenvalue weighted by atomic mass is 79.9. The van der Waals surface area contributed by atoms with Crippen LogP contribution < -0.4 is 10.1 Å². The molecule has 0 saturated carbocycles. The average molecular weight is 570 g/mol. The maximum atomic E-state index is 13.8. The number of rotatable bonds is 11. The lowest BCUT2D eigenvalue weighted by atomic mass is 9.71. The molecule has 2 bridgehead atoms. The summed E-state index contributed by atoms with van der Waals surface area (Å²) in [5.41, 5.74) is 0.626. The van der Waals surface area contributed by atoms with Crippen molar-refractivity contribution in [2.75, 3.05) is 32.2 Å². The van der Waals surface area contributed by atoms with Gasteiger partial charge in [-0.25, -0.2) is 0 Å². The number of hydrogen-bond acceptors (Lipinski definition) is 7. The summed E-state index contributed by atoms with van der Waals surface area (Å²) in [6.45, 7) is 2.60. The van der Waals surface area contributed by atoms with Crippen molar-refractivity contribution in [3.8, 4) is 5.75 Å². The standard InChI is InChI=1S/C25H33BrN2O6S/c1-3-34-24(32)18-19-23(31)28(12-6-4-5-7-13-29)21(25(19)14-17(26)20(18)35-25)22(30)27-15-8-10-16(33-2)11-9-15/h8-11,17-21,29H,3-7,12-14H2,1-2H3,(H,27,30)/t17?,18-,19-,20-,21?,25?/m0/s1. The number of aliphatic hydroxyl groups excluding tert-OH is 1. The zero-order chi connectivity index (χ0) is 25.2. The third kappa shape index (κ3) is 4.81. The number of nitrogens with zero attached hydrogens (tertiary/aromatic N) is 1. The number of ether oxygens (including phenoxy) is 2. The van der Waals surface area contributed by atoms with E-state index in [-0.39, 0.29) is 41.1 Å². The van der Waals surface area contributed by atoms with E-state index in [1.54, 1.807) is 55.0 Å². The van der Waals surface area contributed by atoms with E-state index in [9.17, 15) is 14.4 Å². The van der Waals surface area contributed by atoms with Crippen LogP contribution in [0.5, 0.6) is 5.75 Å². The van der Waals surface area contributed by atoms with E-state index >= 15 is 0 Å². The molecular formula is C25H33BrN2O6S. The molecule has 2 N–H and O–H groups in total. The maximum Gasteiger partial charge on any atom is 0.310 e. The summed E-state index contributed by atoms with van der Waals surface area (Å²) in [5.74, 6) is -1.18. The summed E-state index contributed by atoms with van der Waals surface area (Å²) in [7, 11) is 1.58. The molecule has 1 spiro atoms. The fourth-order valence-corrected chi connectivity index (χ4v) is 9.41. The lowest BCUT2D eigenvalue weighted by Gasteiger charge is -2.35. The second-order valence-electron chi connectivity index (χ2n) is 9.30. The number of carbonyl (C=O) groups is 3. The molecule has 192 valence electrons. The summed E-state index contributed by atoms with van der Waals surface area (Å²) in [6.07, 6.45) is 3.80. The van der Waals surface area contributed by atoms with Gasteiger partial charge in [-0.1, -0.05) is 28.8 Å². The third-order valence-electron chi connectivity index (χ3n) is 7.26. The second-order valence-corrected chi connectivity index (χ2v) is 12.0. The van der Waals surface area contributed by atoms with Crippen LogP contribution in [0.15, 0.2) is 24.3 Å². The van der Waals surface area contributed by atoms with Gasteiger partial charge in [-0.05, 0) is 50.5 Å². The first-order valence-electron chi connectivity index (χ1n) is 12.2.